The molecule has 4 heteroatoms. The highest BCUT2D eigenvalue weighted by atomic mass is 19.1. The molecule has 1 aromatic rings. The van der Waals surface area contributed by atoms with Crippen LogP contribution in [0.1, 0.15) is 33.3 Å². The van der Waals surface area contributed by atoms with Gasteiger partial charge in [0, 0.05) is 11.6 Å². The van der Waals surface area contributed by atoms with Crippen molar-refractivity contribution in [3.63, 3.8) is 0 Å². The molecule has 0 aliphatic rings. The lowest BCUT2D eigenvalue weighted by Crippen LogP contribution is -2.57. The molecular formula is C17H29FN2O. The number of nitrogens with one attached hydrogen (secondary N) is 1. The predicted molar refractivity (Wildman–Crippen MR) is 86.5 cm³/mol. The maximum Gasteiger partial charge on any atom is 0.168 e. The molecule has 0 aliphatic heterocycles. The van der Waals surface area contributed by atoms with E-state index >= 15 is 0 Å². The van der Waals surface area contributed by atoms with Crippen LogP contribution in [-0.2, 0) is 6.42 Å². The lowest BCUT2D eigenvalue weighted by atomic mass is 9.87. The topological polar surface area (TPSA) is 24.5 Å². The van der Waals surface area contributed by atoms with E-state index in [9.17, 15) is 4.39 Å². The van der Waals surface area contributed by atoms with Gasteiger partial charge in [-0.15, -0.1) is 0 Å². The van der Waals surface area contributed by atoms with E-state index in [4.69, 9.17) is 4.74 Å². The Morgan fingerprint density at radius 1 is 1.29 bits per heavy atom. The summed E-state index contributed by atoms with van der Waals surface area (Å²) >= 11 is 0. The van der Waals surface area contributed by atoms with Crippen LogP contribution >= 0.6 is 0 Å². The van der Waals surface area contributed by atoms with Crippen molar-refractivity contribution in [3.8, 4) is 5.75 Å². The predicted octanol–water partition coefficient (Wildman–Crippen LogP) is 3.09. The van der Waals surface area contributed by atoms with Crippen molar-refractivity contribution in [2.45, 2.75) is 45.7 Å². The van der Waals surface area contributed by atoms with Crippen LogP contribution in [0.2, 0.25) is 0 Å². The molecule has 0 fully saturated rings. The zero-order valence-corrected chi connectivity index (χ0v) is 14.2. The minimum Gasteiger partial charge on any atom is -0.494 e. The van der Waals surface area contributed by atoms with Crippen molar-refractivity contribution in [2.24, 2.45) is 0 Å². The summed E-state index contributed by atoms with van der Waals surface area (Å²) in [5.41, 5.74) is 0.627. The summed E-state index contributed by atoms with van der Waals surface area (Å²) in [6.45, 7) is 10.7. The van der Waals surface area contributed by atoms with Gasteiger partial charge in [-0.25, -0.2) is 4.39 Å². The van der Waals surface area contributed by atoms with Crippen LogP contribution in [0.3, 0.4) is 0 Å². The number of benzene rings is 1. The van der Waals surface area contributed by atoms with Crippen LogP contribution in [0.25, 0.3) is 0 Å². The largest absolute Gasteiger partial charge is 0.494 e. The van der Waals surface area contributed by atoms with E-state index in [0.717, 1.165) is 13.1 Å². The molecule has 0 aromatic heterocycles. The zero-order valence-electron chi connectivity index (χ0n) is 14.2. The first-order valence-electron chi connectivity index (χ1n) is 7.65. The third-order valence-electron chi connectivity index (χ3n) is 4.47. The van der Waals surface area contributed by atoms with Gasteiger partial charge in [0.15, 0.2) is 11.6 Å². The van der Waals surface area contributed by atoms with Crippen molar-refractivity contribution >= 4 is 0 Å². The summed E-state index contributed by atoms with van der Waals surface area (Å²) in [6, 6.07) is 5.48. The van der Waals surface area contributed by atoms with Crippen LogP contribution in [0.5, 0.6) is 5.75 Å². The molecule has 1 rings (SSSR count). The van der Waals surface area contributed by atoms with E-state index in [2.05, 4.69) is 37.9 Å². The molecular weight excluding hydrogens is 267 g/mol. The number of ether oxygens (including phenoxy) is 1. The second kappa shape index (κ2) is 7.76. The summed E-state index contributed by atoms with van der Waals surface area (Å²) in [5, 5.41) is 3.36. The molecule has 1 aromatic carbocycles. The first kappa shape index (κ1) is 17.9. The molecule has 1 atom stereocenters. The van der Waals surface area contributed by atoms with Crippen molar-refractivity contribution in [1.29, 1.82) is 0 Å². The van der Waals surface area contributed by atoms with Crippen molar-refractivity contribution in [3.05, 3.63) is 29.6 Å². The molecule has 21 heavy (non-hydrogen) atoms. The van der Waals surface area contributed by atoms with Crippen molar-refractivity contribution in [2.75, 3.05) is 27.2 Å². The Bertz CT molecular complexity index is 444. The maximum atomic E-state index is 14.4. The van der Waals surface area contributed by atoms with E-state index in [1.807, 2.05) is 19.2 Å². The molecule has 3 nitrogen and oxygen atoms in total. The summed E-state index contributed by atoms with van der Waals surface area (Å²) in [5.74, 6) is 0.0543. The number of likely N-dealkylation sites (N-methyl/N-ethyl adjacent to an activating group) is 2. The molecule has 0 bridgehead atoms. The number of rotatable bonds is 8. The fourth-order valence-electron chi connectivity index (χ4n) is 3.06. The Morgan fingerprint density at radius 2 is 1.90 bits per heavy atom. The molecule has 0 saturated heterocycles. The van der Waals surface area contributed by atoms with E-state index in [0.29, 0.717) is 17.7 Å². The number of nitrogens with zero attached hydrogens (tertiary/aromatic N) is 1. The Hall–Kier alpha value is -1.13. The zero-order chi connectivity index (χ0) is 16.0. The van der Waals surface area contributed by atoms with E-state index in [1.54, 1.807) is 6.07 Å². The fourth-order valence-corrected chi connectivity index (χ4v) is 3.06. The third-order valence-corrected chi connectivity index (χ3v) is 4.47. The van der Waals surface area contributed by atoms with Crippen LogP contribution in [0.4, 0.5) is 4.39 Å². The highest BCUT2D eigenvalue weighted by Crippen LogP contribution is 2.26. The summed E-state index contributed by atoms with van der Waals surface area (Å²) in [6.07, 6.45) is 0.628. The second-order valence-corrected chi connectivity index (χ2v) is 5.80. The summed E-state index contributed by atoms with van der Waals surface area (Å²) < 4.78 is 19.4. The SMILES string of the molecule is CCN(CC)C(C)(C)C(Cc1cccc(OC)c1F)NC. The summed E-state index contributed by atoms with van der Waals surface area (Å²) in [4.78, 5) is 2.40. The molecule has 120 valence electrons. The minimum atomic E-state index is -0.254. The molecule has 0 spiro atoms. The number of hydrogen-bond donors (Lipinski definition) is 1. The highest BCUT2D eigenvalue weighted by Gasteiger charge is 2.33. The van der Waals surface area contributed by atoms with Crippen LogP contribution < -0.4 is 10.1 Å². The Morgan fingerprint density at radius 3 is 2.38 bits per heavy atom. The monoisotopic (exact) mass is 296 g/mol. The average molecular weight is 296 g/mol. The lowest BCUT2D eigenvalue weighted by molar-refractivity contribution is 0.0940. The molecule has 0 aliphatic carbocycles. The smallest absolute Gasteiger partial charge is 0.168 e. The minimum absolute atomic E-state index is 0.0617. The second-order valence-electron chi connectivity index (χ2n) is 5.80. The highest BCUT2D eigenvalue weighted by molar-refractivity contribution is 5.32. The lowest BCUT2D eigenvalue weighted by Gasteiger charge is -2.43. The molecule has 0 heterocycles. The first-order valence-corrected chi connectivity index (χ1v) is 7.65. The Kier molecular flexibility index (Phi) is 6.62. The number of methoxy groups -OCH3 is 1. The fraction of sp³-hybridized carbons (Fsp3) is 0.647. The van der Waals surface area contributed by atoms with Gasteiger partial charge < -0.3 is 10.1 Å². The van der Waals surface area contributed by atoms with Gasteiger partial charge in [0.25, 0.3) is 0 Å². The van der Waals surface area contributed by atoms with Gasteiger partial charge in [0.2, 0.25) is 0 Å². The van der Waals surface area contributed by atoms with Crippen LogP contribution in [0, 0.1) is 5.82 Å². The Balaban J connectivity index is 3.02. The normalized spacial score (nSPS) is 13.5. The van der Waals surface area contributed by atoms with Gasteiger partial charge in [-0.3, -0.25) is 4.90 Å². The van der Waals surface area contributed by atoms with Gasteiger partial charge in [0.1, 0.15) is 0 Å². The van der Waals surface area contributed by atoms with Gasteiger partial charge in [-0.1, -0.05) is 26.0 Å². The maximum absolute atomic E-state index is 14.4. The summed E-state index contributed by atoms with van der Waals surface area (Å²) in [7, 11) is 3.44. The molecule has 1 unspecified atom stereocenters. The van der Waals surface area contributed by atoms with Gasteiger partial charge in [0.05, 0.1) is 7.11 Å². The third kappa shape index (κ3) is 3.95. The molecule has 0 amide bonds. The van der Waals surface area contributed by atoms with Gasteiger partial charge >= 0.3 is 0 Å². The average Bonchev–Trinajstić information content (AvgIpc) is 2.46. The molecule has 1 N–H and O–H groups in total. The van der Waals surface area contributed by atoms with Crippen LogP contribution in [0.15, 0.2) is 18.2 Å². The van der Waals surface area contributed by atoms with Crippen molar-refractivity contribution < 1.29 is 9.13 Å². The van der Waals surface area contributed by atoms with Gasteiger partial charge in [-0.2, -0.15) is 0 Å². The van der Waals surface area contributed by atoms with Crippen LogP contribution in [-0.4, -0.2) is 43.7 Å². The van der Waals surface area contributed by atoms with Gasteiger partial charge in [-0.05, 0) is 52.0 Å². The quantitative estimate of drug-likeness (QED) is 0.798. The van der Waals surface area contributed by atoms with E-state index in [-0.39, 0.29) is 17.4 Å². The standard InChI is InChI=1S/C17H29FN2O/c1-7-20(8-2)17(3,4)15(19-5)12-13-10-9-11-14(21-6)16(13)18/h9-11,15,19H,7-8,12H2,1-6H3. The van der Waals surface area contributed by atoms with Crippen molar-refractivity contribution in [1.82, 2.24) is 10.2 Å². The van der Waals surface area contributed by atoms with E-state index < -0.39 is 0 Å². The Labute approximate surface area is 128 Å². The van der Waals surface area contributed by atoms with E-state index in [1.165, 1.54) is 7.11 Å². The number of halogens is 1. The molecule has 0 radical (unpaired) electrons. The number of hydrogen-bond acceptors (Lipinski definition) is 3. The first-order chi connectivity index (χ1) is 9.92. The molecule has 0 saturated carbocycles.